The van der Waals surface area contributed by atoms with E-state index >= 15 is 0 Å². The van der Waals surface area contributed by atoms with Crippen LogP contribution in [-0.4, -0.2) is 24.1 Å². The first-order valence-electron chi connectivity index (χ1n) is 7.37. The van der Waals surface area contributed by atoms with Gasteiger partial charge in [0, 0.05) is 31.4 Å². The van der Waals surface area contributed by atoms with Gasteiger partial charge in [0.1, 0.15) is 5.82 Å². The summed E-state index contributed by atoms with van der Waals surface area (Å²) in [6.07, 6.45) is 4.14. The lowest BCUT2D eigenvalue weighted by molar-refractivity contribution is 0.423. The predicted molar refractivity (Wildman–Crippen MR) is 88.3 cm³/mol. The number of hydrogen-bond acceptors (Lipinski definition) is 3. The smallest absolute Gasteiger partial charge is 0.128 e. The third-order valence-electron chi connectivity index (χ3n) is 3.28. The summed E-state index contributed by atoms with van der Waals surface area (Å²) in [4.78, 5) is 6.92. The molecule has 0 atom stereocenters. The van der Waals surface area contributed by atoms with Crippen LogP contribution in [0.15, 0.2) is 24.8 Å². The topological polar surface area (TPSA) is 28.2 Å². The number of nitrogens with zero attached hydrogens (tertiary/aromatic N) is 2. The van der Waals surface area contributed by atoms with Gasteiger partial charge in [-0.15, -0.1) is 6.58 Å². The molecule has 0 radical (unpaired) electrons. The van der Waals surface area contributed by atoms with Gasteiger partial charge in [0.05, 0.1) is 0 Å². The van der Waals surface area contributed by atoms with E-state index in [9.17, 15) is 0 Å². The Balaban J connectivity index is 2.65. The van der Waals surface area contributed by atoms with Crippen LogP contribution in [0.5, 0.6) is 0 Å². The largest absolute Gasteiger partial charge is 0.360 e. The molecule has 0 amide bonds. The summed E-state index contributed by atoms with van der Waals surface area (Å²) >= 11 is 0. The summed E-state index contributed by atoms with van der Waals surface area (Å²) in [7, 11) is 2.10. The molecule has 1 aromatic heterocycles. The first-order chi connectivity index (χ1) is 9.33. The van der Waals surface area contributed by atoms with Gasteiger partial charge in [-0.2, -0.15) is 0 Å². The third-order valence-corrected chi connectivity index (χ3v) is 3.28. The second-order valence-corrected chi connectivity index (χ2v) is 6.37. The molecule has 1 heterocycles. The summed E-state index contributed by atoms with van der Waals surface area (Å²) in [5, 5.41) is 3.50. The quantitative estimate of drug-likeness (QED) is 0.608. The number of nitrogens with one attached hydrogen (secondary N) is 1. The van der Waals surface area contributed by atoms with Crippen molar-refractivity contribution in [3.8, 4) is 0 Å². The van der Waals surface area contributed by atoms with Crippen LogP contribution in [-0.2, 0) is 6.54 Å². The van der Waals surface area contributed by atoms with E-state index in [0.717, 1.165) is 37.4 Å². The van der Waals surface area contributed by atoms with E-state index in [-0.39, 0.29) is 5.54 Å². The van der Waals surface area contributed by atoms with Gasteiger partial charge in [0.15, 0.2) is 0 Å². The Morgan fingerprint density at radius 3 is 2.60 bits per heavy atom. The summed E-state index contributed by atoms with van der Waals surface area (Å²) in [5.74, 6) is 1.05. The number of anilines is 1. The molecule has 112 valence electrons. The number of hydrogen-bond donors (Lipinski definition) is 1. The molecular weight excluding hydrogens is 246 g/mol. The zero-order chi connectivity index (χ0) is 15.2. The van der Waals surface area contributed by atoms with Gasteiger partial charge >= 0.3 is 0 Å². The van der Waals surface area contributed by atoms with Crippen molar-refractivity contribution in [2.24, 2.45) is 0 Å². The number of aryl methyl sites for hydroxylation is 1. The highest BCUT2D eigenvalue weighted by Gasteiger charge is 2.11. The number of allylic oxidation sites excluding steroid dienone is 1. The zero-order valence-corrected chi connectivity index (χ0v) is 13.7. The Morgan fingerprint density at radius 1 is 1.35 bits per heavy atom. The summed E-state index contributed by atoms with van der Waals surface area (Å²) < 4.78 is 0. The van der Waals surface area contributed by atoms with E-state index in [1.54, 1.807) is 0 Å². The van der Waals surface area contributed by atoms with Gasteiger partial charge in [-0.25, -0.2) is 4.98 Å². The molecular formula is C17H29N3. The molecule has 0 aliphatic heterocycles. The molecule has 20 heavy (non-hydrogen) atoms. The van der Waals surface area contributed by atoms with E-state index in [1.807, 2.05) is 6.08 Å². The first-order valence-corrected chi connectivity index (χ1v) is 7.37. The standard InChI is InChI=1S/C17H29N3/c1-7-8-9-12-20(6)16-11-10-15(14(2)19-16)13-18-17(3,4)5/h7,10-11,18H,1,8-9,12-13H2,2-6H3. The van der Waals surface area contributed by atoms with E-state index in [0.29, 0.717) is 0 Å². The van der Waals surface area contributed by atoms with Crippen molar-refractivity contribution < 1.29 is 0 Å². The van der Waals surface area contributed by atoms with E-state index in [1.165, 1.54) is 5.56 Å². The Bertz CT molecular complexity index is 432. The number of aromatic nitrogens is 1. The van der Waals surface area contributed by atoms with Crippen molar-refractivity contribution >= 4 is 5.82 Å². The molecule has 0 saturated carbocycles. The van der Waals surface area contributed by atoms with Crippen molar-refractivity contribution in [2.45, 2.75) is 52.6 Å². The van der Waals surface area contributed by atoms with Gasteiger partial charge in [-0.3, -0.25) is 0 Å². The fourth-order valence-electron chi connectivity index (χ4n) is 1.92. The van der Waals surface area contributed by atoms with Gasteiger partial charge in [-0.05, 0) is 52.2 Å². The molecule has 0 fully saturated rings. The van der Waals surface area contributed by atoms with E-state index in [2.05, 4.69) is 63.7 Å². The van der Waals surface area contributed by atoms with E-state index in [4.69, 9.17) is 4.98 Å². The molecule has 0 aromatic carbocycles. The van der Waals surface area contributed by atoms with Crippen molar-refractivity contribution in [3.05, 3.63) is 36.0 Å². The minimum Gasteiger partial charge on any atom is -0.360 e. The summed E-state index contributed by atoms with van der Waals surface area (Å²) in [6, 6.07) is 4.29. The molecule has 1 rings (SSSR count). The zero-order valence-electron chi connectivity index (χ0n) is 13.7. The van der Waals surface area contributed by atoms with Crippen molar-refractivity contribution in [1.29, 1.82) is 0 Å². The monoisotopic (exact) mass is 275 g/mol. The maximum atomic E-state index is 4.71. The predicted octanol–water partition coefficient (Wildman–Crippen LogP) is 3.68. The maximum absolute atomic E-state index is 4.71. The molecule has 0 saturated heterocycles. The van der Waals surface area contributed by atoms with Crippen LogP contribution in [0.1, 0.15) is 44.9 Å². The maximum Gasteiger partial charge on any atom is 0.128 e. The number of pyridine rings is 1. The second kappa shape index (κ2) is 7.44. The highest BCUT2D eigenvalue weighted by atomic mass is 15.2. The van der Waals surface area contributed by atoms with Crippen LogP contribution in [0, 0.1) is 6.92 Å². The summed E-state index contributed by atoms with van der Waals surface area (Å²) in [6.45, 7) is 14.2. The first kappa shape index (κ1) is 16.7. The lowest BCUT2D eigenvalue weighted by Gasteiger charge is -2.22. The lowest BCUT2D eigenvalue weighted by Crippen LogP contribution is -2.35. The van der Waals surface area contributed by atoms with Gasteiger partial charge < -0.3 is 10.2 Å². The van der Waals surface area contributed by atoms with Crippen LogP contribution in [0.3, 0.4) is 0 Å². The van der Waals surface area contributed by atoms with Crippen LogP contribution in [0.2, 0.25) is 0 Å². The highest BCUT2D eigenvalue weighted by Crippen LogP contribution is 2.15. The minimum atomic E-state index is 0.132. The Hall–Kier alpha value is -1.35. The van der Waals surface area contributed by atoms with Gasteiger partial charge in [0.25, 0.3) is 0 Å². The third kappa shape index (κ3) is 5.74. The average molecular weight is 275 g/mol. The molecule has 3 heteroatoms. The molecule has 3 nitrogen and oxygen atoms in total. The van der Waals surface area contributed by atoms with Crippen molar-refractivity contribution in [1.82, 2.24) is 10.3 Å². The molecule has 0 bridgehead atoms. The van der Waals surface area contributed by atoms with Crippen LogP contribution >= 0.6 is 0 Å². The molecule has 0 aliphatic rings. The Labute approximate surface area is 124 Å². The van der Waals surface area contributed by atoms with Crippen LogP contribution in [0.25, 0.3) is 0 Å². The fourth-order valence-corrected chi connectivity index (χ4v) is 1.92. The number of unbranched alkanes of at least 4 members (excludes halogenated alkanes) is 1. The van der Waals surface area contributed by atoms with Crippen molar-refractivity contribution in [2.75, 3.05) is 18.5 Å². The minimum absolute atomic E-state index is 0.132. The molecule has 0 unspecified atom stereocenters. The van der Waals surface area contributed by atoms with Crippen molar-refractivity contribution in [3.63, 3.8) is 0 Å². The van der Waals surface area contributed by atoms with Gasteiger partial charge in [-0.1, -0.05) is 12.1 Å². The molecule has 0 spiro atoms. The van der Waals surface area contributed by atoms with Gasteiger partial charge in [0.2, 0.25) is 0 Å². The number of rotatable bonds is 7. The SMILES string of the molecule is C=CCCCN(C)c1ccc(CNC(C)(C)C)c(C)n1. The summed E-state index contributed by atoms with van der Waals surface area (Å²) in [5.41, 5.74) is 2.50. The van der Waals surface area contributed by atoms with E-state index < -0.39 is 0 Å². The molecule has 1 N–H and O–H groups in total. The molecule has 0 aliphatic carbocycles. The second-order valence-electron chi connectivity index (χ2n) is 6.37. The molecule has 1 aromatic rings. The lowest BCUT2D eigenvalue weighted by atomic mass is 10.1. The normalized spacial score (nSPS) is 11.4. The Kier molecular flexibility index (Phi) is 6.21. The Morgan fingerprint density at radius 2 is 2.05 bits per heavy atom. The van der Waals surface area contributed by atoms with Crippen LogP contribution < -0.4 is 10.2 Å². The highest BCUT2D eigenvalue weighted by molar-refractivity contribution is 5.40. The fraction of sp³-hybridized carbons (Fsp3) is 0.588. The average Bonchev–Trinajstić information content (AvgIpc) is 2.36. The van der Waals surface area contributed by atoms with Crippen LogP contribution in [0.4, 0.5) is 5.82 Å².